The van der Waals surface area contributed by atoms with Crippen molar-refractivity contribution < 1.29 is 9.59 Å². The van der Waals surface area contributed by atoms with Crippen LogP contribution in [-0.4, -0.2) is 85.0 Å². The first-order valence-electron chi connectivity index (χ1n) is 9.09. The number of para-hydroxylation sites is 1. The fourth-order valence-electron chi connectivity index (χ4n) is 3.33. The van der Waals surface area contributed by atoms with Crippen LogP contribution in [0.1, 0.15) is 6.92 Å². The van der Waals surface area contributed by atoms with Gasteiger partial charge in [-0.05, 0) is 19.1 Å². The van der Waals surface area contributed by atoms with E-state index in [1.807, 2.05) is 24.0 Å². The molecule has 26 heavy (non-hydrogen) atoms. The molecule has 2 aliphatic rings. The molecule has 2 saturated heterocycles. The summed E-state index contributed by atoms with van der Waals surface area (Å²) in [5.74, 6) is -0.0414. The van der Waals surface area contributed by atoms with Gasteiger partial charge >= 0.3 is 6.03 Å². The van der Waals surface area contributed by atoms with Gasteiger partial charge in [0.2, 0.25) is 5.91 Å². The molecule has 0 radical (unpaired) electrons. The number of amides is 3. The number of benzene rings is 1. The monoisotopic (exact) mass is 379 g/mol. The van der Waals surface area contributed by atoms with Crippen LogP contribution in [0.3, 0.4) is 0 Å². The second-order valence-corrected chi connectivity index (χ2v) is 7.15. The number of hydrogen-bond donors (Lipinski definition) is 2. The lowest BCUT2D eigenvalue weighted by atomic mass is 10.2. The highest BCUT2D eigenvalue weighted by atomic mass is 35.5. The molecule has 2 aliphatic heterocycles. The average molecular weight is 380 g/mol. The number of carbonyl (C=O) groups is 2. The minimum Gasteiger partial charge on any atom is -0.336 e. The van der Waals surface area contributed by atoms with Crippen molar-refractivity contribution in [2.75, 3.05) is 57.7 Å². The number of anilines is 1. The number of carbonyl (C=O) groups excluding carboxylic acids is 2. The van der Waals surface area contributed by atoms with Gasteiger partial charge in [0.05, 0.1) is 16.8 Å². The second kappa shape index (κ2) is 8.70. The number of halogens is 1. The van der Waals surface area contributed by atoms with Crippen LogP contribution >= 0.6 is 11.6 Å². The summed E-state index contributed by atoms with van der Waals surface area (Å²) >= 11 is 6.11. The Morgan fingerprint density at radius 2 is 1.92 bits per heavy atom. The topological polar surface area (TPSA) is 67.9 Å². The number of nitrogens with zero attached hydrogens (tertiary/aromatic N) is 3. The largest absolute Gasteiger partial charge is 0.336 e. The number of hydrogen-bond acceptors (Lipinski definition) is 4. The molecular formula is C18H26ClN5O2. The van der Waals surface area contributed by atoms with E-state index >= 15 is 0 Å². The minimum absolute atomic E-state index is 0.0357. The Bertz CT molecular complexity index is 648. The first kappa shape index (κ1) is 18.9. The maximum Gasteiger partial charge on any atom is 0.317 e. The van der Waals surface area contributed by atoms with Gasteiger partial charge in [-0.3, -0.25) is 14.6 Å². The quantitative estimate of drug-likeness (QED) is 0.782. The van der Waals surface area contributed by atoms with E-state index in [0.29, 0.717) is 10.7 Å². The number of nitrogens with one attached hydrogen (secondary N) is 2. The zero-order valence-electron chi connectivity index (χ0n) is 15.1. The fraction of sp³-hybridized carbons (Fsp3) is 0.556. The van der Waals surface area contributed by atoms with Crippen molar-refractivity contribution in [3.05, 3.63) is 29.3 Å². The highest BCUT2D eigenvalue weighted by molar-refractivity contribution is 6.33. The maximum atomic E-state index is 12.5. The van der Waals surface area contributed by atoms with Gasteiger partial charge in [0, 0.05) is 52.4 Å². The van der Waals surface area contributed by atoms with Gasteiger partial charge in [0.15, 0.2) is 0 Å². The second-order valence-electron chi connectivity index (χ2n) is 6.74. The van der Waals surface area contributed by atoms with Gasteiger partial charge in [0.1, 0.15) is 0 Å². The summed E-state index contributed by atoms with van der Waals surface area (Å²) in [6.45, 7) is 8.57. The summed E-state index contributed by atoms with van der Waals surface area (Å²) in [6.07, 6.45) is 0. The van der Waals surface area contributed by atoms with E-state index in [1.165, 1.54) is 0 Å². The normalized spacial score (nSPS) is 20.1. The summed E-state index contributed by atoms with van der Waals surface area (Å²) in [5, 5.41) is 6.28. The van der Waals surface area contributed by atoms with Crippen LogP contribution < -0.4 is 10.6 Å². The van der Waals surface area contributed by atoms with Crippen molar-refractivity contribution in [3.8, 4) is 0 Å². The molecule has 1 atom stereocenters. The van der Waals surface area contributed by atoms with Gasteiger partial charge in [-0.25, -0.2) is 4.79 Å². The molecule has 2 heterocycles. The van der Waals surface area contributed by atoms with Crippen molar-refractivity contribution in [2.24, 2.45) is 0 Å². The molecule has 0 aromatic heterocycles. The first-order chi connectivity index (χ1) is 12.5. The van der Waals surface area contributed by atoms with Crippen molar-refractivity contribution in [1.29, 1.82) is 0 Å². The van der Waals surface area contributed by atoms with Crippen LogP contribution in [0.25, 0.3) is 0 Å². The van der Waals surface area contributed by atoms with Crippen LogP contribution in [0.15, 0.2) is 24.3 Å². The lowest BCUT2D eigenvalue weighted by Gasteiger charge is -2.37. The third kappa shape index (κ3) is 4.66. The number of rotatable bonds is 6. The summed E-state index contributed by atoms with van der Waals surface area (Å²) in [4.78, 5) is 30.5. The predicted molar refractivity (Wildman–Crippen MR) is 103 cm³/mol. The SMILES string of the molecule is C[C@H](C(=O)Nc1ccccc1Cl)N1CCN(CCN2CCNC2=O)CC1. The Labute approximate surface area is 159 Å². The molecule has 7 nitrogen and oxygen atoms in total. The lowest BCUT2D eigenvalue weighted by molar-refractivity contribution is -0.121. The van der Waals surface area contributed by atoms with Crippen LogP contribution in [0.2, 0.25) is 5.02 Å². The van der Waals surface area contributed by atoms with E-state index in [1.54, 1.807) is 12.1 Å². The molecule has 0 bridgehead atoms. The molecular weight excluding hydrogens is 354 g/mol. The van der Waals surface area contributed by atoms with E-state index < -0.39 is 0 Å². The highest BCUT2D eigenvalue weighted by Gasteiger charge is 2.27. The fourth-order valence-corrected chi connectivity index (χ4v) is 3.51. The molecule has 2 N–H and O–H groups in total. The molecule has 3 rings (SSSR count). The standard InChI is InChI=1S/C18H26ClN5O2/c1-14(17(25)21-16-5-3-2-4-15(16)19)23-11-8-22(9-12-23)10-13-24-7-6-20-18(24)26/h2-5,14H,6-13H2,1H3,(H,20,26)(H,21,25)/t14-/m1/s1. The van der Waals surface area contributed by atoms with Gasteiger partial charge < -0.3 is 15.5 Å². The molecule has 142 valence electrons. The van der Waals surface area contributed by atoms with Crippen molar-refractivity contribution in [1.82, 2.24) is 20.0 Å². The lowest BCUT2D eigenvalue weighted by Crippen LogP contribution is -2.53. The van der Waals surface area contributed by atoms with Crippen molar-refractivity contribution in [3.63, 3.8) is 0 Å². The summed E-state index contributed by atoms with van der Waals surface area (Å²) in [6, 6.07) is 7.09. The Balaban J connectivity index is 1.43. The molecule has 8 heteroatoms. The van der Waals surface area contributed by atoms with E-state index in [9.17, 15) is 9.59 Å². The molecule has 0 unspecified atom stereocenters. The van der Waals surface area contributed by atoms with E-state index in [-0.39, 0.29) is 18.0 Å². The summed E-state index contributed by atoms with van der Waals surface area (Å²) in [5.41, 5.74) is 0.647. The zero-order chi connectivity index (χ0) is 18.5. The highest BCUT2D eigenvalue weighted by Crippen LogP contribution is 2.21. The molecule has 1 aromatic carbocycles. The molecule has 0 spiro atoms. The van der Waals surface area contributed by atoms with Gasteiger partial charge in [-0.2, -0.15) is 0 Å². The molecule has 0 aliphatic carbocycles. The Morgan fingerprint density at radius 3 is 2.58 bits per heavy atom. The van der Waals surface area contributed by atoms with Crippen molar-refractivity contribution >= 4 is 29.2 Å². The number of urea groups is 1. The zero-order valence-corrected chi connectivity index (χ0v) is 15.8. The molecule has 0 saturated carbocycles. The third-order valence-corrected chi connectivity index (χ3v) is 5.43. The predicted octanol–water partition coefficient (Wildman–Crippen LogP) is 1.31. The van der Waals surface area contributed by atoms with Gasteiger partial charge in [-0.15, -0.1) is 0 Å². The third-order valence-electron chi connectivity index (χ3n) is 5.10. The van der Waals surface area contributed by atoms with E-state index in [2.05, 4.69) is 20.4 Å². The van der Waals surface area contributed by atoms with E-state index in [4.69, 9.17) is 11.6 Å². The average Bonchev–Trinajstić information content (AvgIpc) is 3.06. The Morgan fingerprint density at radius 1 is 1.19 bits per heavy atom. The van der Waals surface area contributed by atoms with E-state index in [0.717, 1.165) is 52.4 Å². The summed E-state index contributed by atoms with van der Waals surface area (Å²) < 4.78 is 0. The van der Waals surface area contributed by atoms with Crippen LogP contribution in [0.4, 0.5) is 10.5 Å². The molecule has 2 fully saturated rings. The van der Waals surface area contributed by atoms with Gasteiger partial charge in [0.25, 0.3) is 0 Å². The van der Waals surface area contributed by atoms with Crippen LogP contribution in [-0.2, 0) is 4.79 Å². The molecule has 1 aromatic rings. The number of piperazine rings is 1. The van der Waals surface area contributed by atoms with Crippen molar-refractivity contribution in [2.45, 2.75) is 13.0 Å². The van der Waals surface area contributed by atoms with Crippen LogP contribution in [0.5, 0.6) is 0 Å². The molecule has 3 amide bonds. The van der Waals surface area contributed by atoms with Gasteiger partial charge in [-0.1, -0.05) is 23.7 Å². The smallest absolute Gasteiger partial charge is 0.317 e. The Hall–Kier alpha value is -1.83. The minimum atomic E-state index is -0.210. The Kier molecular flexibility index (Phi) is 6.34. The first-order valence-corrected chi connectivity index (χ1v) is 9.47. The summed E-state index contributed by atoms with van der Waals surface area (Å²) in [7, 11) is 0. The maximum absolute atomic E-state index is 12.5. The van der Waals surface area contributed by atoms with Crippen LogP contribution in [0, 0.1) is 0 Å².